The van der Waals surface area contributed by atoms with Gasteiger partial charge in [-0.15, -0.1) is 0 Å². The molecule has 2 aliphatic carbocycles. The second-order valence-corrected chi connectivity index (χ2v) is 15.7. The average molecular weight is 724 g/mol. The highest BCUT2D eigenvalue weighted by atomic mass is 16.8. The Kier molecular flexibility index (Phi) is 11.7. The number of carbonyl (C=O) groups is 3. The first-order chi connectivity index (χ1) is 25.3. The van der Waals surface area contributed by atoms with Crippen molar-refractivity contribution >= 4 is 23.9 Å². The van der Waals surface area contributed by atoms with Gasteiger partial charge in [-0.25, -0.2) is 0 Å². The van der Waals surface area contributed by atoms with Crippen molar-refractivity contribution in [1.29, 1.82) is 0 Å². The number of carbonyl (C=O) groups excluding carboxylic acids is 3. The number of amides is 2. The molecule has 6 aliphatic rings. The van der Waals surface area contributed by atoms with E-state index in [1.54, 1.807) is 5.06 Å². The molecule has 1 aromatic rings. The average Bonchev–Trinajstić information content (AvgIpc) is 3.69. The van der Waals surface area contributed by atoms with Crippen LogP contribution < -0.4 is 10.6 Å². The Labute approximate surface area is 307 Å². The Bertz CT molecular complexity index is 1460. The SMILES string of the molecule is CCCCCC1(CCCCC)O[C@@H]2[C@H]3ON(Cc4cccc(C=CC5CCC6OC6C5)c4)[C@H]4C(=O)OC(CC34C(=O)NCCC(=O)NCCO)[C@@H]2O1. The Balaban J connectivity index is 1.14. The highest BCUT2D eigenvalue weighted by Gasteiger charge is 2.76. The number of benzene rings is 1. The predicted molar refractivity (Wildman–Crippen MR) is 191 cm³/mol. The number of hydrogen-bond acceptors (Lipinski definition) is 10. The van der Waals surface area contributed by atoms with E-state index >= 15 is 0 Å². The molecule has 0 radical (unpaired) electrons. The fourth-order valence-electron chi connectivity index (χ4n) is 9.27. The van der Waals surface area contributed by atoms with Crippen molar-refractivity contribution in [1.82, 2.24) is 15.7 Å². The van der Waals surface area contributed by atoms with Gasteiger partial charge in [0.2, 0.25) is 11.8 Å². The van der Waals surface area contributed by atoms with E-state index in [-0.39, 0.29) is 50.9 Å². The van der Waals surface area contributed by atoms with E-state index < -0.39 is 47.6 Å². The van der Waals surface area contributed by atoms with Crippen molar-refractivity contribution in [2.45, 2.75) is 152 Å². The van der Waals surface area contributed by atoms with Crippen LogP contribution in [0.15, 0.2) is 30.3 Å². The van der Waals surface area contributed by atoms with Gasteiger partial charge in [-0.1, -0.05) is 75.9 Å². The van der Waals surface area contributed by atoms with Crippen molar-refractivity contribution < 1.29 is 43.3 Å². The molecule has 12 heteroatoms. The number of aliphatic hydroxyl groups excluding tert-OH is 1. The van der Waals surface area contributed by atoms with Crippen LogP contribution in [0.25, 0.3) is 6.08 Å². The number of allylic oxidation sites excluding steroid dienone is 1. The van der Waals surface area contributed by atoms with Gasteiger partial charge < -0.3 is 34.7 Å². The van der Waals surface area contributed by atoms with Crippen LogP contribution in [0.2, 0.25) is 0 Å². The van der Waals surface area contributed by atoms with Crippen molar-refractivity contribution in [3.05, 3.63) is 41.5 Å². The third-order valence-corrected chi connectivity index (χ3v) is 12.0. The molecule has 1 aromatic carbocycles. The molecule has 3 N–H and O–H groups in total. The lowest BCUT2D eigenvalue weighted by atomic mass is 9.62. The van der Waals surface area contributed by atoms with Gasteiger partial charge in [-0.3, -0.25) is 19.2 Å². The molecule has 2 saturated carbocycles. The molecule has 12 nitrogen and oxygen atoms in total. The van der Waals surface area contributed by atoms with Crippen molar-refractivity contribution in [3.63, 3.8) is 0 Å². The first-order valence-electron chi connectivity index (χ1n) is 19.9. The van der Waals surface area contributed by atoms with Crippen molar-refractivity contribution in [2.24, 2.45) is 11.3 Å². The number of hydrogen-bond donors (Lipinski definition) is 3. The minimum atomic E-state index is -1.31. The number of nitrogens with one attached hydrogen (secondary N) is 2. The summed E-state index contributed by atoms with van der Waals surface area (Å²) >= 11 is 0. The molecule has 4 heterocycles. The van der Waals surface area contributed by atoms with E-state index in [1.165, 1.54) is 0 Å². The summed E-state index contributed by atoms with van der Waals surface area (Å²) in [4.78, 5) is 47.7. The van der Waals surface area contributed by atoms with Crippen LogP contribution in [0.5, 0.6) is 0 Å². The minimum Gasteiger partial charge on any atom is -0.458 e. The molecular weight excluding hydrogens is 666 g/mol. The number of unbranched alkanes of at least 4 members (excludes halogenated alkanes) is 4. The van der Waals surface area contributed by atoms with E-state index in [2.05, 4.69) is 48.8 Å². The topological polar surface area (TPSA) is 148 Å². The van der Waals surface area contributed by atoms with Crippen LogP contribution >= 0.6 is 0 Å². The van der Waals surface area contributed by atoms with Gasteiger partial charge in [0.05, 0.1) is 25.4 Å². The summed E-state index contributed by atoms with van der Waals surface area (Å²) in [6, 6.07) is 7.17. The van der Waals surface area contributed by atoms with Crippen LogP contribution in [0.3, 0.4) is 0 Å². The molecule has 4 aliphatic heterocycles. The zero-order valence-corrected chi connectivity index (χ0v) is 30.8. The van der Waals surface area contributed by atoms with E-state index in [0.717, 1.165) is 81.8 Å². The summed E-state index contributed by atoms with van der Waals surface area (Å²) in [5.74, 6) is -1.50. The molecule has 52 heavy (non-hydrogen) atoms. The minimum absolute atomic E-state index is 0.0364. The quantitative estimate of drug-likeness (QED) is 0.114. The smallest absolute Gasteiger partial charge is 0.327 e. The number of hydroxylamine groups is 2. The first kappa shape index (κ1) is 37.4. The Morgan fingerprint density at radius 2 is 1.77 bits per heavy atom. The number of esters is 1. The first-order valence-corrected chi connectivity index (χ1v) is 19.9. The van der Waals surface area contributed by atoms with Crippen LogP contribution in [-0.4, -0.2) is 96.1 Å². The van der Waals surface area contributed by atoms with Gasteiger partial charge in [-0.05, 0) is 49.1 Å². The van der Waals surface area contributed by atoms with Crippen molar-refractivity contribution in [2.75, 3.05) is 19.7 Å². The third-order valence-electron chi connectivity index (χ3n) is 12.0. The summed E-state index contributed by atoms with van der Waals surface area (Å²) in [5.41, 5.74) is 0.688. The van der Waals surface area contributed by atoms with Gasteiger partial charge in [-0.2, -0.15) is 5.06 Å². The summed E-state index contributed by atoms with van der Waals surface area (Å²) in [7, 11) is 0. The van der Waals surface area contributed by atoms with E-state index in [0.29, 0.717) is 18.1 Å². The number of epoxide rings is 1. The molecule has 9 atom stereocenters. The van der Waals surface area contributed by atoms with Gasteiger partial charge >= 0.3 is 5.97 Å². The molecule has 0 spiro atoms. The second kappa shape index (κ2) is 16.2. The number of aliphatic hydroxyl groups is 1. The molecular formula is C40H57N3O9. The maximum Gasteiger partial charge on any atom is 0.327 e. The van der Waals surface area contributed by atoms with Crippen LogP contribution in [0.1, 0.15) is 108 Å². The molecule has 0 aromatic heterocycles. The number of nitrogens with zero attached hydrogens (tertiary/aromatic N) is 1. The summed E-state index contributed by atoms with van der Waals surface area (Å²) < 4.78 is 25.7. The van der Waals surface area contributed by atoms with E-state index in [9.17, 15) is 14.4 Å². The molecule has 6 fully saturated rings. The Morgan fingerprint density at radius 3 is 2.52 bits per heavy atom. The zero-order valence-electron chi connectivity index (χ0n) is 30.8. The summed E-state index contributed by atoms with van der Waals surface area (Å²) in [6.45, 7) is 4.65. The maximum absolute atomic E-state index is 14.5. The molecule has 7 rings (SSSR count). The van der Waals surface area contributed by atoms with Gasteiger partial charge in [0.25, 0.3) is 0 Å². The molecule has 5 unspecified atom stereocenters. The van der Waals surface area contributed by atoms with E-state index in [4.69, 9.17) is 28.9 Å². The summed E-state index contributed by atoms with van der Waals surface area (Å²) in [6.07, 6.45) is 13.8. The maximum atomic E-state index is 14.5. The Morgan fingerprint density at radius 1 is 0.981 bits per heavy atom. The molecule has 286 valence electrons. The van der Waals surface area contributed by atoms with Crippen LogP contribution in [0.4, 0.5) is 0 Å². The molecule has 2 bridgehead atoms. The van der Waals surface area contributed by atoms with Gasteiger partial charge in [0.1, 0.15) is 29.8 Å². The fraction of sp³-hybridized carbons (Fsp3) is 0.725. The summed E-state index contributed by atoms with van der Waals surface area (Å²) in [5, 5.41) is 16.3. The van der Waals surface area contributed by atoms with Crippen LogP contribution in [0, 0.1) is 11.3 Å². The number of fused-ring (bicyclic) bond motifs is 5. The number of rotatable bonds is 18. The predicted octanol–water partition coefficient (Wildman–Crippen LogP) is 4.32. The fourth-order valence-corrected chi connectivity index (χ4v) is 9.27. The monoisotopic (exact) mass is 723 g/mol. The lowest BCUT2D eigenvalue weighted by Crippen LogP contribution is -2.69. The van der Waals surface area contributed by atoms with E-state index in [1.807, 2.05) is 12.1 Å². The van der Waals surface area contributed by atoms with Gasteiger partial charge in [0.15, 0.2) is 11.8 Å². The normalized spacial score (nSPS) is 34.1. The second-order valence-electron chi connectivity index (χ2n) is 15.7. The lowest BCUT2D eigenvalue weighted by Gasteiger charge is -2.48. The Hall–Kier alpha value is -2.87. The van der Waals surface area contributed by atoms with Crippen molar-refractivity contribution in [3.8, 4) is 0 Å². The largest absolute Gasteiger partial charge is 0.458 e. The zero-order chi connectivity index (χ0) is 36.3. The number of ether oxygens (including phenoxy) is 4. The standard InChI is InChI=1S/C40H57N3O9/c1-3-5-7-17-39(18-8-6-4-2)50-33-31-24-40(38(47)42-19-16-32(45)41-20-21-44)35(37(46)49-31)43(52-36(40)34(33)51-39)25-28-11-9-10-26(22-28)12-13-27-14-15-29-30(23-27)48-29/h9-13,22,27,29-31,33-36,44H,3-8,14-21,23-25H2,1-2H3,(H,41,45)(H,42,47)/t27?,29?,30?,31?,33-,34-,35-,36+,40?/m0/s1. The third kappa shape index (κ3) is 7.70. The molecule has 4 saturated heterocycles. The van der Waals surface area contributed by atoms with Crippen LogP contribution in [-0.2, 0) is 44.7 Å². The highest BCUT2D eigenvalue weighted by Crippen LogP contribution is 2.58. The molecule has 2 amide bonds. The van der Waals surface area contributed by atoms with Gasteiger partial charge in [0, 0.05) is 38.8 Å². The highest BCUT2D eigenvalue weighted by molar-refractivity contribution is 5.94. The lowest BCUT2D eigenvalue weighted by molar-refractivity contribution is -0.224.